The van der Waals surface area contributed by atoms with E-state index >= 15 is 0 Å². The van der Waals surface area contributed by atoms with Crippen molar-refractivity contribution in [2.45, 2.75) is 57.9 Å². The SMILES string of the molecule is C[C@H](Nc1nc(Cl)nc(Nc2cc(CCC3CCCCC3)[nH]n2)n1)c1ncc(F)cn1. The Morgan fingerprint density at radius 3 is 2.65 bits per heavy atom. The van der Waals surface area contributed by atoms with Gasteiger partial charge in [-0.15, -0.1) is 0 Å². The molecular weight excluding hydrogens is 421 g/mol. The third kappa shape index (κ3) is 6.06. The number of rotatable bonds is 8. The molecule has 1 aliphatic rings. The van der Waals surface area contributed by atoms with Gasteiger partial charge >= 0.3 is 0 Å². The van der Waals surface area contributed by atoms with E-state index in [0.29, 0.717) is 11.6 Å². The third-order valence-corrected chi connectivity index (χ3v) is 5.57. The van der Waals surface area contributed by atoms with Gasteiger partial charge in [-0.1, -0.05) is 32.1 Å². The first-order valence-electron chi connectivity index (χ1n) is 10.5. The molecule has 9 nitrogen and oxygen atoms in total. The number of halogens is 2. The lowest BCUT2D eigenvalue weighted by Crippen LogP contribution is -2.14. The fourth-order valence-electron chi connectivity index (χ4n) is 3.78. The number of aromatic nitrogens is 7. The van der Waals surface area contributed by atoms with Gasteiger partial charge in [0.25, 0.3) is 0 Å². The van der Waals surface area contributed by atoms with E-state index in [1.54, 1.807) is 0 Å². The molecule has 0 aliphatic heterocycles. The van der Waals surface area contributed by atoms with Gasteiger partial charge in [0.1, 0.15) is 5.82 Å². The Balaban J connectivity index is 1.37. The lowest BCUT2D eigenvalue weighted by molar-refractivity contribution is 0.338. The number of hydrogen-bond acceptors (Lipinski definition) is 8. The van der Waals surface area contributed by atoms with Crippen LogP contribution in [0.1, 0.15) is 63.0 Å². The molecule has 1 fully saturated rings. The fraction of sp³-hybridized carbons (Fsp3) is 0.500. The molecule has 0 bridgehead atoms. The molecule has 4 rings (SSSR count). The molecule has 3 aromatic rings. The molecule has 1 atom stereocenters. The Morgan fingerprint density at radius 1 is 1.13 bits per heavy atom. The highest BCUT2D eigenvalue weighted by atomic mass is 35.5. The lowest BCUT2D eigenvalue weighted by atomic mass is 9.86. The normalized spacial score (nSPS) is 15.6. The summed E-state index contributed by atoms with van der Waals surface area (Å²) in [4.78, 5) is 20.4. The average molecular weight is 446 g/mol. The van der Waals surface area contributed by atoms with Crippen molar-refractivity contribution in [1.29, 1.82) is 0 Å². The number of nitrogens with one attached hydrogen (secondary N) is 3. The highest BCUT2D eigenvalue weighted by Gasteiger charge is 2.15. The minimum Gasteiger partial charge on any atom is -0.344 e. The van der Waals surface area contributed by atoms with Crippen molar-refractivity contribution >= 4 is 29.3 Å². The Bertz CT molecular complexity index is 989. The minimum atomic E-state index is -0.497. The Kier molecular flexibility index (Phi) is 6.86. The van der Waals surface area contributed by atoms with Gasteiger partial charge in [-0.05, 0) is 37.3 Å². The number of hydrogen-bond donors (Lipinski definition) is 3. The summed E-state index contributed by atoms with van der Waals surface area (Å²) in [6.45, 7) is 1.81. The van der Waals surface area contributed by atoms with E-state index in [9.17, 15) is 4.39 Å². The van der Waals surface area contributed by atoms with Crippen LogP contribution in [-0.4, -0.2) is 35.1 Å². The molecule has 11 heteroatoms. The zero-order valence-electron chi connectivity index (χ0n) is 17.3. The van der Waals surface area contributed by atoms with Crippen molar-refractivity contribution < 1.29 is 4.39 Å². The molecule has 3 aromatic heterocycles. The van der Waals surface area contributed by atoms with Crippen molar-refractivity contribution in [3.63, 3.8) is 0 Å². The maximum atomic E-state index is 13.0. The first kappa shape index (κ1) is 21.4. The fourth-order valence-corrected chi connectivity index (χ4v) is 3.94. The van der Waals surface area contributed by atoms with E-state index < -0.39 is 5.82 Å². The molecule has 31 heavy (non-hydrogen) atoms. The van der Waals surface area contributed by atoms with Gasteiger partial charge in [0.2, 0.25) is 17.2 Å². The van der Waals surface area contributed by atoms with Gasteiger partial charge in [0.05, 0.1) is 18.4 Å². The highest BCUT2D eigenvalue weighted by molar-refractivity contribution is 6.28. The van der Waals surface area contributed by atoms with Crippen molar-refractivity contribution in [1.82, 2.24) is 35.1 Å². The molecule has 0 amide bonds. The Labute approximate surface area is 184 Å². The van der Waals surface area contributed by atoms with E-state index in [-0.39, 0.29) is 23.2 Å². The van der Waals surface area contributed by atoms with Crippen LogP contribution < -0.4 is 10.6 Å². The lowest BCUT2D eigenvalue weighted by Gasteiger charge is -2.20. The second-order valence-electron chi connectivity index (χ2n) is 7.82. The summed E-state index contributed by atoms with van der Waals surface area (Å²) >= 11 is 6.06. The van der Waals surface area contributed by atoms with E-state index in [2.05, 4.69) is 45.8 Å². The number of H-pyrrole nitrogens is 1. The van der Waals surface area contributed by atoms with Crippen molar-refractivity contribution in [3.05, 3.63) is 41.1 Å². The number of aryl methyl sites for hydroxylation is 1. The molecule has 1 saturated carbocycles. The second-order valence-corrected chi connectivity index (χ2v) is 8.16. The van der Waals surface area contributed by atoms with Gasteiger partial charge in [0.15, 0.2) is 11.6 Å². The molecule has 0 spiro atoms. The molecule has 0 saturated heterocycles. The first-order valence-corrected chi connectivity index (χ1v) is 10.9. The smallest absolute Gasteiger partial charge is 0.234 e. The van der Waals surface area contributed by atoms with Gasteiger partial charge in [-0.25, -0.2) is 14.4 Å². The topological polar surface area (TPSA) is 117 Å². The van der Waals surface area contributed by atoms with Crippen molar-refractivity contribution in [2.75, 3.05) is 10.6 Å². The summed E-state index contributed by atoms with van der Waals surface area (Å²) < 4.78 is 13.0. The molecular formula is C20H25ClFN9. The van der Waals surface area contributed by atoms with Crippen LogP contribution in [0.3, 0.4) is 0 Å². The molecule has 3 N–H and O–H groups in total. The molecule has 0 aromatic carbocycles. The number of anilines is 3. The minimum absolute atomic E-state index is 0.0280. The van der Waals surface area contributed by atoms with Crippen LogP contribution in [0.4, 0.5) is 22.1 Å². The van der Waals surface area contributed by atoms with Crippen LogP contribution in [0.25, 0.3) is 0 Å². The third-order valence-electron chi connectivity index (χ3n) is 5.40. The summed E-state index contributed by atoms with van der Waals surface area (Å²) in [5.41, 5.74) is 1.08. The summed E-state index contributed by atoms with van der Waals surface area (Å²) in [5, 5.41) is 13.5. The average Bonchev–Trinajstić information content (AvgIpc) is 3.20. The number of aromatic amines is 1. The highest BCUT2D eigenvalue weighted by Crippen LogP contribution is 2.27. The zero-order valence-corrected chi connectivity index (χ0v) is 18.0. The van der Waals surface area contributed by atoms with Crippen LogP contribution in [0.15, 0.2) is 18.5 Å². The monoisotopic (exact) mass is 445 g/mol. The molecule has 0 radical (unpaired) electrons. The largest absolute Gasteiger partial charge is 0.344 e. The molecule has 3 heterocycles. The van der Waals surface area contributed by atoms with Gasteiger partial charge < -0.3 is 10.6 Å². The summed E-state index contributed by atoms with van der Waals surface area (Å²) in [6.07, 6.45) is 11.1. The van der Waals surface area contributed by atoms with Crippen LogP contribution >= 0.6 is 11.6 Å². The molecule has 0 unspecified atom stereocenters. The maximum absolute atomic E-state index is 13.0. The molecule has 164 valence electrons. The molecule has 1 aliphatic carbocycles. The van der Waals surface area contributed by atoms with E-state index in [1.807, 2.05) is 13.0 Å². The Hall–Kier alpha value is -2.88. The van der Waals surface area contributed by atoms with Crippen LogP contribution in [0, 0.1) is 11.7 Å². The maximum Gasteiger partial charge on any atom is 0.234 e. The predicted molar refractivity (Wildman–Crippen MR) is 116 cm³/mol. The quantitative estimate of drug-likeness (QED) is 0.460. The Morgan fingerprint density at radius 2 is 1.87 bits per heavy atom. The van der Waals surface area contributed by atoms with Crippen LogP contribution in [-0.2, 0) is 6.42 Å². The first-order chi connectivity index (χ1) is 15.0. The summed E-state index contributed by atoms with van der Waals surface area (Å²) in [7, 11) is 0. The standard InChI is InChI=1S/C20H25ClFN9/c1-12(17-23-10-14(22)11-24-17)25-19-27-18(21)28-20(29-19)26-16-9-15(30-31-16)8-7-13-5-3-2-4-6-13/h9-13H,2-8H2,1H3,(H3,25,26,27,28,29,30,31)/t12-/m0/s1. The van der Waals surface area contributed by atoms with Crippen LogP contribution in [0.5, 0.6) is 0 Å². The summed E-state index contributed by atoms with van der Waals surface area (Å²) in [6, 6.07) is 1.60. The van der Waals surface area contributed by atoms with Crippen molar-refractivity contribution in [2.24, 2.45) is 5.92 Å². The zero-order chi connectivity index (χ0) is 21.6. The van der Waals surface area contributed by atoms with Gasteiger partial charge in [-0.2, -0.15) is 20.1 Å². The van der Waals surface area contributed by atoms with E-state index in [0.717, 1.165) is 30.4 Å². The van der Waals surface area contributed by atoms with Gasteiger partial charge in [0, 0.05) is 11.8 Å². The van der Waals surface area contributed by atoms with Gasteiger partial charge in [-0.3, -0.25) is 5.10 Å². The van der Waals surface area contributed by atoms with Crippen LogP contribution in [0.2, 0.25) is 5.28 Å². The second kappa shape index (κ2) is 9.95. The number of nitrogens with zero attached hydrogens (tertiary/aromatic N) is 6. The predicted octanol–water partition coefficient (Wildman–Crippen LogP) is 4.61. The summed E-state index contributed by atoms with van der Waals surface area (Å²) in [5.74, 6) is 1.85. The van der Waals surface area contributed by atoms with Crippen molar-refractivity contribution in [3.8, 4) is 0 Å². The van der Waals surface area contributed by atoms with E-state index in [1.165, 1.54) is 38.5 Å². The van der Waals surface area contributed by atoms with E-state index in [4.69, 9.17) is 11.6 Å².